The Labute approximate surface area is 122 Å². The van der Waals surface area contributed by atoms with E-state index in [4.69, 9.17) is 9.36 Å². The van der Waals surface area contributed by atoms with Crippen LogP contribution in [0.4, 0.5) is 4.39 Å². The first kappa shape index (κ1) is 17.1. The van der Waals surface area contributed by atoms with Crippen molar-refractivity contribution in [1.82, 2.24) is 0 Å². The van der Waals surface area contributed by atoms with E-state index < -0.39 is 12.4 Å². The van der Waals surface area contributed by atoms with Gasteiger partial charge in [0.25, 0.3) is 5.90 Å². The molecule has 0 amide bonds. The molecule has 7 heteroatoms. The van der Waals surface area contributed by atoms with Crippen LogP contribution in [0, 0.1) is 5.82 Å². The van der Waals surface area contributed by atoms with Crippen LogP contribution in [0.5, 0.6) is 0 Å². The normalized spacial score (nSPS) is 15.0. The second-order valence-corrected chi connectivity index (χ2v) is 9.48. The maximum atomic E-state index is 13.8. The summed E-state index contributed by atoms with van der Waals surface area (Å²) in [6.07, 6.45) is 1.69. The highest BCUT2D eigenvalue weighted by atomic mass is 32.7. The second kappa shape index (κ2) is 7.70. The zero-order valence-electron chi connectivity index (χ0n) is 12.0. The molecule has 20 heavy (non-hydrogen) atoms. The van der Waals surface area contributed by atoms with Gasteiger partial charge in [-0.2, -0.15) is 0 Å². The first-order chi connectivity index (χ1) is 9.44. The first-order valence-electron chi connectivity index (χ1n) is 6.24. The van der Waals surface area contributed by atoms with Crippen molar-refractivity contribution in [3.05, 3.63) is 35.6 Å². The monoisotopic (exact) mass is 319 g/mol. The van der Waals surface area contributed by atoms with Crippen molar-refractivity contribution in [2.24, 2.45) is 5.16 Å². The smallest absolute Gasteiger partial charge is 0.306 e. The van der Waals surface area contributed by atoms with Gasteiger partial charge in [0.05, 0.1) is 11.2 Å². The number of hydrogen-bond donors (Lipinski definition) is 0. The standard InChI is InChI=1S/C13H19FNO3PS/c1-5-17-15-13(11-8-6-7-9-12(11)14)18-19(16,20-4)10(2)3/h6-10H,5H2,1-4H3. The number of rotatable bonds is 6. The molecular weight excluding hydrogens is 300 g/mol. The lowest BCUT2D eigenvalue weighted by atomic mass is 10.2. The van der Waals surface area contributed by atoms with Crippen molar-refractivity contribution in [2.75, 3.05) is 12.9 Å². The van der Waals surface area contributed by atoms with Crippen molar-refractivity contribution in [3.8, 4) is 0 Å². The Hall–Kier alpha value is -1.00. The summed E-state index contributed by atoms with van der Waals surface area (Å²) in [6.45, 7) is 2.62. The largest absolute Gasteiger partial charge is 0.414 e. The van der Waals surface area contributed by atoms with Gasteiger partial charge in [-0.05, 0) is 30.5 Å². The zero-order chi connectivity index (χ0) is 15.2. The molecule has 0 aromatic heterocycles. The lowest BCUT2D eigenvalue weighted by molar-refractivity contribution is 0.153. The van der Waals surface area contributed by atoms with E-state index in [1.54, 1.807) is 39.2 Å². The summed E-state index contributed by atoms with van der Waals surface area (Å²) in [7, 11) is 0. The molecule has 112 valence electrons. The average molecular weight is 319 g/mol. The molecule has 1 atom stereocenters. The van der Waals surface area contributed by atoms with Gasteiger partial charge in [-0.3, -0.25) is 4.57 Å². The number of benzene rings is 1. The molecule has 0 N–H and O–H groups in total. The van der Waals surface area contributed by atoms with Crippen molar-refractivity contribution in [3.63, 3.8) is 0 Å². The van der Waals surface area contributed by atoms with Gasteiger partial charge >= 0.3 is 6.57 Å². The zero-order valence-corrected chi connectivity index (χ0v) is 13.7. The van der Waals surface area contributed by atoms with Gasteiger partial charge in [0, 0.05) is 0 Å². The summed E-state index contributed by atoms with van der Waals surface area (Å²) in [5.74, 6) is -0.585. The minimum absolute atomic E-state index is 0.0867. The van der Waals surface area contributed by atoms with E-state index >= 15 is 0 Å². The molecule has 4 nitrogen and oxygen atoms in total. The lowest BCUT2D eigenvalue weighted by Gasteiger charge is -2.21. The molecule has 0 fully saturated rings. The fourth-order valence-corrected chi connectivity index (χ4v) is 4.13. The predicted molar refractivity (Wildman–Crippen MR) is 81.9 cm³/mol. The van der Waals surface area contributed by atoms with Gasteiger partial charge < -0.3 is 9.36 Å². The molecule has 1 aromatic carbocycles. The van der Waals surface area contributed by atoms with Gasteiger partial charge in [0.1, 0.15) is 12.4 Å². The van der Waals surface area contributed by atoms with Crippen molar-refractivity contribution in [1.29, 1.82) is 0 Å². The lowest BCUT2D eigenvalue weighted by Crippen LogP contribution is -2.11. The number of oxime groups is 1. The average Bonchev–Trinajstić information content (AvgIpc) is 2.43. The van der Waals surface area contributed by atoms with Crippen LogP contribution < -0.4 is 0 Å². The predicted octanol–water partition coefficient (Wildman–Crippen LogP) is 4.50. The van der Waals surface area contributed by atoms with E-state index in [0.29, 0.717) is 6.61 Å². The fraction of sp³-hybridized carbons (Fsp3) is 0.462. The van der Waals surface area contributed by atoms with Crippen LogP contribution in [0.1, 0.15) is 26.3 Å². The highest BCUT2D eigenvalue weighted by Crippen LogP contribution is 2.62. The summed E-state index contributed by atoms with van der Waals surface area (Å²) < 4.78 is 32.0. The highest BCUT2D eigenvalue weighted by Gasteiger charge is 2.31. The molecule has 0 saturated carbocycles. The second-order valence-electron chi connectivity index (χ2n) is 4.20. The summed E-state index contributed by atoms with van der Waals surface area (Å²) in [5, 5.41) is 3.76. The minimum Gasteiger partial charge on any atom is -0.414 e. The summed E-state index contributed by atoms with van der Waals surface area (Å²) in [5.41, 5.74) is -0.0769. The van der Waals surface area contributed by atoms with Gasteiger partial charge in [-0.25, -0.2) is 4.39 Å². The van der Waals surface area contributed by atoms with Crippen LogP contribution in [0.15, 0.2) is 29.4 Å². The maximum absolute atomic E-state index is 13.8. The van der Waals surface area contributed by atoms with Crippen molar-refractivity contribution in [2.45, 2.75) is 26.4 Å². The van der Waals surface area contributed by atoms with Gasteiger partial charge in [-0.15, -0.1) is 0 Å². The molecule has 1 rings (SSSR count). The van der Waals surface area contributed by atoms with E-state index in [1.807, 2.05) is 0 Å². The SMILES string of the molecule is CCON=C(OP(=O)(SC)C(C)C)c1ccccc1F. The third-order valence-electron chi connectivity index (χ3n) is 2.48. The Kier molecular flexibility index (Phi) is 6.56. The molecule has 1 unspecified atom stereocenters. The molecule has 0 saturated heterocycles. The first-order valence-corrected chi connectivity index (χ1v) is 9.77. The fourth-order valence-electron chi connectivity index (χ4n) is 1.35. The van der Waals surface area contributed by atoms with E-state index in [9.17, 15) is 8.96 Å². The summed E-state index contributed by atoms with van der Waals surface area (Å²) >= 11 is 1.12. The quantitative estimate of drug-likeness (QED) is 0.335. The molecule has 0 spiro atoms. The topological polar surface area (TPSA) is 47.9 Å². The Morgan fingerprint density at radius 2 is 2.10 bits per heavy atom. The molecular formula is C13H19FNO3PS. The van der Waals surface area contributed by atoms with Crippen molar-refractivity contribution < 1.29 is 18.3 Å². The van der Waals surface area contributed by atoms with Crippen LogP contribution in [-0.4, -0.2) is 24.4 Å². The molecule has 0 heterocycles. The summed E-state index contributed by atoms with van der Waals surface area (Å²) in [6, 6.07) is 6.02. The van der Waals surface area contributed by atoms with E-state index in [2.05, 4.69) is 5.16 Å². The molecule has 0 aliphatic heterocycles. The van der Waals surface area contributed by atoms with E-state index in [0.717, 1.165) is 11.4 Å². The summed E-state index contributed by atoms with van der Waals surface area (Å²) in [4.78, 5) is 4.94. The third-order valence-corrected chi connectivity index (χ3v) is 7.70. The van der Waals surface area contributed by atoms with Crippen molar-refractivity contribution >= 4 is 23.9 Å². The Morgan fingerprint density at radius 3 is 2.60 bits per heavy atom. The Balaban J connectivity index is 3.16. The van der Waals surface area contributed by atoms with Crippen LogP contribution in [0.3, 0.4) is 0 Å². The number of nitrogens with zero attached hydrogens (tertiary/aromatic N) is 1. The molecule has 0 bridgehead atoms. The molecule has 0 radical (unpaired) electrons. The Bertz CT molecular complexity index is 522. The highest BCUT2D eigenvalue weighted by molar-refractivity contribution is 8.56. The number of halogens is 1. The van der Waals surface area contributed by atoms with Crippen LogP contribution in [-0.2, 0) is 13.9 Å². The molecule has 1 aromatic rings. The van der Waals surface area contributed by atoms with Gasteiger partial charge in [0.15, 0.2) is 0 Å². The third kappa shape index (κ3) is 4.25. The van der Waals surface area contributed by atoms with Gasteiger partial charge in [-0.1, -0.05) is 37.4 Å². The van der Waals surface area contributed by atoms with Crippen LogP contribution in [0.2, 0.25) is 0 Å². The molecule has 0 aliphatic rings. The van der Waals surface area contributed by atoms with Gasteiger partial charge in [0.2, 0.25) is 0 Å². The van der Waals surface area contributed by atoms with E-state index in [1.165, 1.54) is 12.1 Å². The Morgan fingerprint density at radius 1 is 1.45 bits per heavy atom. The number of hydrogen-bond acceptors (Lipinski definition) is 5. The van der Waals surface area contributed by atoms with E-state index in [-0.39, 0.29) is 17.1 Å². The minimum atomic E-state index is -3.01. The van der Waals surface area contributed by atoms with Crippen LogP contribution >= 0.6 is 18.0 Å². The van der Waals surface area contributed by atoms with Crippen LogP contribution in [0.25, 0.3) is 0 Å². The maximum Gasteiger partial charge on any atom is 0.306 e. The molecule has 0 aliphatic carbocycles.